The van der Waals surface area contributed by atoms with Gasteiger partial charge >= 0.3 is 0 Å². The largest absolute Gasteiger partial charge is 0.508 e. The summed E-state index contributed by atoms with van der Waals surface area (Å²) in [6.45, 7) is 8.30. The van der Waals surface area contributed by atoms with Crippen molar-refractivity contribution in [2.75, 3.05) is 4.90 Å². The summed E-state index contributed by atoms with van der Waals surface area (Å²) in [6, 6.07) is 10.8. The van der Waals surface area contributed by atoms with Crippen LogP contribution < -0.4 is 10.2 Å². The van der Waals surface area contributed by atoms with Crippen molar-refractivity contribution >= 4 is 38.9 Å². The van der Waals surface area contributed by atoms with E-state index in [1.165, 1.54) is 6.07 Å². The number of thiocarbonyl (C=S) groups is 1. The molecule has 1 fully saturated rings. The Morgan fingerprint density at radius 1 is 1.12 bits per heavy atom. The van der Waals surface area contributed by atoms with E-state index in [4.69, 9.17) is 12.2 Å². The van der Waals surface area contributed by atoms with E-state index < -0.39 is 5.54 Å². The minimum atomic E-state index is -0.579. The van der Waals surface area contributed by atoms with Crippen LogP contribution in [-0.4, -0.2) is 20.9 Å². The quantitative estimate of drug-likeness (QED) is 0.583. The Balaban J connectivity index is 2.21. The summed E-state index contributed by atoms with van der Waals surface area (Å²) in [4.78, 5) is 2.05. The third kappa shape index (κ3) is 3.28. The maximum Gasteiger partial charge on any atom is 0.174 e. The van der Waals surface area contributed by atoms with Crippen LogP contribution in [0.5, 0.6) is 11.5 Å². The Bertz CT molecular complexity index is 884. The number of anilines is 1. The molecular weight excluding hydrogens is 412 g/mol. The maximum atomic E-state index is 10.6. The average Bonchev–Trinajstić information content (AvgIpc) is 2.48. The molecule has 0 bridgehead atoms. The van der Waals surface area contributed by atoms with Crippen LogP contribution in [0.3, 0.4) is 0 Å². The minimum absolute atomic E-state index is 0.0386. The van der Waals surface area contributed by atoms with Crippen molar-refractivity contribution in [1.29, 1.82) is 0 Å². The molecule has 6 heteroatoms. The number of hydrogen-bond acceptors (Lipinski definition) is 3. The third-order valence-electron chi connectivity index (χ3n) is 4.89. The van der Waals surface area contributed by atoms with Gasteiger partial charge in [0.1, 0.15) is 11.5 Å². The molecule has 0 saturated carbocycles. The predicted molar refractivity (Wildman–Crippen MR) is 113 cm³/mol. The molecule has 4 nitrogen and oxygen atoms in total. The Kier molecular flexibility index (Phi) is 4.69. The van der Waals surface area contributed by atoms with Crippen molar-refractivity contribution < 1.29 is 10.2 Å². The van der Waals surface area contributed by atoms with Gasteiger partial charge in [-0.25, -0.2) is 0 Å². The van der Waals surface area contributed by atoms with Gasteiger partial charge in [-0.1, -0.05) is 15.9 Å². The number of aromatic hydroxyl groups is 2. The van der Waals surface area contributed by atoms with Crippen LogP contribution in [0.1, 0.15) is 38.3 Å². The lowest BCUT2D eigenvalue weighted by atomic mass is 9.76. The Morgan fingerprint density at radius 3 is 2.42 bits per heavy atom. The Hall–Kier alpha value is -1.79. The van der Waals surface area contributed by atoms with E-state index in [9.17, 15) is 10.2 Å². The number of benzene rings is 2. The number of phenols is 2. The molecule has 1 saturated heterocycles. The van der Waals surface area contributed by atoms with Gasteiger partial charge in [0.25, 0.3) is 0 Å². The van der Waals surface area contributed by atoms with E-state index in [0.29, 0.717) is 11.5 Å². The summed E-state index contributed by atoms with van der Waals surface area (Å²) in [6.07, 6.45) is 0.716. The molecule has 3 N–H and O–H groups in total. The molecule has 138 valence electrons. The van der Waals surface area contributed by atoms with Gasteiger partial charge < -0.3 is 20.4 Å². The lowest BCUT2D eigenvalue weighted by Crippen LogP contribution is -2.65. The van der Waals surface area contributed by atoms with E-state index in [0.717, 1.165) is 21.3 Å². The third-order valence-corrected chi connectivity index (χ3v) is 6.06. The smallest absolute Gasteiger partial charge is 0.174 e. The lowest BCUT2D eigenvalue weighted by Gasteiger charge is -2.53. The van der Waals surface area contributed by atoms with Crippen LogP contribution >= 0.6 is 28.1 Å². The van der Waals surface area contributed by atoms with Crippen molar-refractivity contribution in [1.82, 2.24) is 5.32 Å². The zero-order valence-corrected chi connectivity index (χ0v) is 17.7. The fourth-order valence-corrected chi connectivity index (χ4v) is 4.74. The van der Waals surface area contributed by atoms with Crippen LogP contribution in [-0.2, 0) is 5.54 Å². The molecule has 1 aliphatic heterocycles. The zero-order chi connectivity index (χ0) is 19.3. The lowest BCUT2D eigenvalue weighted by molar-refractivity contribution is 0.275. The standard InChI is InChI=1S/C20H23BrN2O2S/c1-12-9-13(5-8-16(12)21)23-18(26)22-19(2,3)11-20(23,4)15-7-6-14(24)10-17(15)25/h5-10,24-25H,11H2,1-4H3,(H,22,26)/t20-/m1/s1. The number of halogens is 1. The number of nitrogens with zero attached hydrogens (tertiary/aromatic N) is 1. The van der Waals surface area contributed by atoms with E-state index in [-0.39, 0.29) is 17.0 Å². The van der Waals surface area contributed by atoms with Gasteiger partial charge in [-0.2, -0.15) is 0 Å². The van der Waals surface area contributed by atoms with Crippen LogP contribution in [0.25, 0.3) is 0 Å². The van der Waals surface area contributed by atoms with Gasteiger partial charge in [-0.15, -0.1) is 0 Å². The second kappa shape index (κ2) is 6.43. The summed E-state index contributed by atoms with van der Waals surface area (Å²) >= 11 is 9.27. The minimum Gasteiger partial charge on any atom is -0.508 e. The molecule has 26 heavy (non-hydrogen) atoms. The molecule has 2 aromatic carbocycles. The second-order valence-electron chi connectivity index (χ2n) is 7.74. The molecule has 2 aromatic rings. The highest BCUT2D eigenvalue weighted by Gasteiger charge is 2.47. The first-order chi connectivity index (χ1) is 12.0. The summed E-state index contributed by atoms with van der Waals surface area (Å²) < 4.78 is 1.03. The van der Waals surface area contributed by atoms with Crippen LogP contribution in [0, 0.1) is 6.92 Å². The first kappa shape index (κ1) is 19.0. The van der Waals surface area contributed by atoms with Crippen molar-refractivity contribution in [3.05, 3.63) is 52.0 Å². The molecule has 0 amide bonds. The van der Waals surface area contributed by atoms with E-state index >= 15 is 0 Å². The van der Waals surface area contributed by atoms with E-state index in [1.807, 2.05) is 19.1 Å². The number of rotatable bonds is 2. The second-order valence-corrected chi connectivity index (χ2v) is 8.98. The van der Waals surface area contributed by atoms with Gasteiger partial charge in [0.05, 0.1) is 5.54 Å². The van der Waals surface area contributed by atoms with Crippen LogP contribution in [0.4, 0.5) is 5.69 Å². The van der Waals surface area contributed by atoms with Gasteiger partial charge in [0, 0.05) is 27.3 Å². The van der Waals surface area contributed by atoms with Gasteiger partial charge in [0.2, 0.25) is 0 Å². The van der Waals surface area contributed by atoms with Gasteiger partial charge in [0.15, 0.2) is 5.11 Å². The van der Waals surface area contributed by atoms with E-state index in [2.05, 4.69) is 53.0 Å². The molecule has 1 heterocycles. The van der Waals surface area contributed by atoms with Gasteiger partial charge in [-0.05, 0) is 82.2 Å². The average molecular weight is 435 g/mol. The van der Waals surface area contributed by atoms with Crippen molar-refractivity contribution in [3.63, 3.8) is 0 Å². The number of nitrogens with one attached hydrogen (secondary N) is 1. The maximum absolute atomic E-state index is 10.6. The fraction of sp³-hybridized carbons (Fsp3) is 0.350. The molecule has 3 rings (SSSR count). The topological polar surface area (TPSA) is 55.7 Å². The predicted octanol–water partition coefficient (Wildman–Crippen LogP) is 4.95. The first-order valence-electron chi connectivity index (χ1n) is 8.44. The highest BCUT2D eigenvalue weighted by atomic mass is 79.9. The summed E-state index contributed by atoms with van der Waals surface area (Å²) in [7, 11) is 0. The SMILES string of the molecule is Cc1cc(N2C(=S)NC(C)(C)C[C@]2(C)c2ccc(O)cc2O)ccc1Br. The van der Waals surface area contributed by atoms with E-state index in [1.54, 1.807) is 12.1 Å². The molecule has 0 spiro atoms. The highest BCUT2D eigenvalue weighted by molar-refractivity contribution is 9.10. The number of hydrogen-bond donors (Lipinski definition) is 3. The molecule has 0 aromatic heterocycles. The molecule has 1 atom stereocenters. The summed E-state index contributed by atoms with van der Waals surface area (Å²) in [5.41, 5.74) is 1.97. The number of phenolic OH excluding ortho intramolecular Hbond substituents is 2. The normalized spacial score (nSPS) is 22.2. The van der Waals surface area contributed by atoms with Crippen LogP contribution in [0.15, 0.2) is 40.9 Å². The van der Waals surface area contributed by atoms with Gasteiger partial charge in [-0.3, -0.25) is 0 Å². The molecule has 1 aliphatic rings. The zero-order valence-electron chi connectivity index (χ0n) is 15.3. The highest BCUT2D eigenvalue weighted by Crippen LogP contribution is 2.46. The molecule has 0 aliphatic carbocycles. The first-order valence-corrected chi connectivity index (χ1v) is 9.65. The van der Waals surface area contributed by atoms with Crippen molar-refractivity contribution in [2.45, 2.75) is 45.2 Å². The van der Waals surface area contributed by atoms with Crippen LogP contribution in [0.2, 0.25) is 0 Å². The Labute approximate surface area is 168 Å². The fourth-order valence-electron chi connectivity index (χ4n) is 3.91. The Morgan fingerprint density at radius 2 is 1.81 bits per heavy atom. The molecule has 0 unspecified atom stereocenters. The number of aryl methyl sites for hydroxylation is 1. The van der Waals surface area contributed by atoms with Crippen molar-refractivity contribution in [2.24, 2.45) is 0 Å². The molecule has 0 radical (unpaired) electrons. The molecular formula is C20H23BrN2O2S. The summed E-state index contributed by atoms with van der Waals surface area (Å²) in [5.74, 6) is 0.100. The summed E-state index contributed by atoms with van der Waals surface area (Å²) in [5, 5.41) is 24.3. The van der Waals surface area contributed by atoms with Crippen molar-refractivity contribution in [3.8, 4) is 11.5 Å². The monoisotopic (exact) mass is 434 g/mol.